The molecule has 1 atom stereocenters. The molecule has 224 valence electrons. The number of rotatable bonds is 6. The van der Waals surface area contributed by atoms with Crippen LogP contribution in [0, 0.1) is 0 Å². The van der Waals surface area contributed by atoms with Crippen LogP contribution in [0.2, 0.25) is 0 Å². The predicted octanol–water partition coefficient (Wildman–Crippen LogP) is 6.57. The van der Waals surface area contributed by atoms with Gasteiger partial charge in [-0.25, -0.2) is 4.99 Å². The summed E-state index contributed by atoms with van der Waals surface area (Å²) >= 11 is 1.36. The number of methoxy groups -OCH3 is 1. The summed E-state index contributed by atoms with van der Waals surface area (Å²) in [7, 11) is 1.63. The van der Waals surface area contributed by atoms with Crippen LogP contribution in [0.1, 0.15) is 37.9 Å². The van der Waals surface area contributed by atoms with Gasteiger partial charge in [0.25, 0.3) is 11.5 Å². The maximum Gasteiger partial charge on any atom is 0.271 e. The van der Waals surface area contributed by atoms with Gasteiger partial charge in [-0.1, -0.05) is 90.2 Å². The SMILES string of the molecule is CCN(CC)C(=O)C1=C(C)N=c2s/c(=C/c3c4ccccc4cc4ccccc34)c(=O)n2[C@@H]1c1c(OC)ccc2ccccc12. The van der Waals surface area contributed by atoms with E-state index in [1.807, 2.05) is 87.5 Å². The van der Waals surface area contributed by atoms with Crippen molar-refractivity contribution in [3.8, 4) is 5.75 Å². The molecule has 7 rings (SSSR count). The normalized spacial score (nSPS) is 15.0. The minimum atomic E-state index is -0.721. The van der Waals surface area contributed by atoms with Crippen LogP contribution in [0.3, 0.4) is 0 Å². The van der Waals surface area contributed by atoms with Crippen LogP contribution in [0.5, 0.6) is 5.75 Å². The summed E-state index contributed by atoms with van der Waals surface area (Å²) in [6, 6.07) is 29.9. The third-order valence-corrected chi connectivity index (χ3v) is 9.80. The Labute approximate surface area is 264 Å². The number of fused-ring (bicyclic) bond motifs is 4. The van der Waals surface area contributed by atoms with Crippen LogP contribution in [-0.2, 0) is 4.79 Å². The van der Waals surface area contributed by atoms with Crippen LogP contribution in [0.4, 0.5) is 0 Å². The van der Waals surface area contributed by atoms with Gasteiger partial charge in [0.2, 0.25) is 0 Å². The molecule has 6 nitrogen and oxygen atoms in total. The highest BCUT2D eigenvalue weighted by Gasteiger charge is 2.36. The number of amides is 1. The van der Waals surface area contributed by atoms with E-state index >= 15 is 0 Å². The summed E-state index contributed by atoms with van der Waals surface area (Å²) in [5.41, 5.74) is 2.68. The smallest absolute Gasteiger partial charge is 0.271 e. The summed E-state index contributed by atoms with van der Waals surface area (Å²) in [6.45, 7) is 6.90. The second kappa shape index (κ2) is 11.5. The van der Waals surface area contributed by atoms with Crippen LogP contribution in [-0.4, -0.2) is 35.6 Å². The first-order chi connectivity index (χ1) is 21.9. The Balaban J connectivity index is 1.57. The molecule has 0 bridgehead atoms. The third kappa shape index (κ3) is 4.66. The van der Waals surface area contributed by atoms with Gasteiger partial charge in [-0.2, -0.15) is 0 Å². The Morgan fingerprint density at radius 1 is 0.889 bits per heavy atom. The molecule has 0 spiro atoms. The van der Waals surface area contributed by atoms with Crippen molar-refractivity contribution >= 4 is 55.6 Å². The number of carbonyl (C=O) groups excluding carboxylic acids is 1. The quantitative estimate of drug-likeness (QED) is 0.200. The Morgan fingerprint density at radius 3 is 2.11 bits per heavy atom. The summed E-state index contributed by atoms with van der Waals surface area (Å²) in [4.78, 5) is 36.2. The van der Waals surface area contributed by atoms with Crippen LogP contribution in [0.15, 0.2) is 112 Å². The first-order valence-electron chi connectivity index (χ1n) is 15.2. The zero-order valence-corrected chi connectivity index (χ0v) is 26.5. The fourth-order valence-corrected chi connectivity index (χ4v) is 7.65. The van der Waals surface area contributed by atoms with Crippen LogP contribution in [0.25, 0.3) is 38.4 Å². The maximum absolute atomic E-state index is 14.7. The van der Waals surface area contributed by atoms with Gasteiger partial charge in [0.1, 0.15) is 11.8 Å². The molecule has 6 aromatic rings. The largest absolute Gasteiger partial charge is 0.496 e. The lowest BCUT2D eigenvalue weighted by atomic mass is 9.90. The molecule has 45 heavy (non-hydrogen) atoms. The minimum Gasteiger partial charge on any atom is -0.496 e. The van der Waals surface area contributed by atoms with Gasteiger partial charge in [0.15, 0.2) is 4.80 Å². The van der Waals surface area contributed by atoms with Gasteiger partial charge < -0.3 is 9.64 Å². The Hall–Kier alpha value is -5.01. The summed E-state index contributed by atoms with van der Waals surface area (Å²) in [5, 5.41) is 6.29. The number of carbonyl (C=O) groups is 1. The first kappa shape index (κ1) is 28.7. The van der Waals surface area contributed by atoms with E-state index in [0.29, 0.717) is 39.4 Å². The van der Waals surface area contributed by atoms with E-state index in [9.17, 15) is 9.59 Å². The highest BCUT2D eigenvalue weighted by Crippen LogP contribution is 2.40. The van der Waals surface area contributed by atoms with E-state index in [4.69, 9.17) is 9.73 Å². The van der Waals surface area contributed by atoms with Crippen molar-refractivity contribution in [3.63, 3.8) is 0 Å². The fraction of sp³-hybridized carbons (Fsp3) is 0.184. The van der Waals surface area contributed by atoms with Crippen LogP contribution >= 0.6 is 11.3 Å². The van der Waals surface area contributed by atoms with Crippen LogP contribution < -0.4 is 19.6 Å². The standard InChI is InChI=1S/C38H33N3O3S/c1-5-40(6-2)37(43)33-23(3)39-38-41(35(33)34-29-18-12-7-13-24(29)19-20-31(34)44-4)36(42)32(45-38)22-30-27-16-10-8-14-25(27)21-26-15-9-11-17-28(26)30/h7-22,35H,5-6H2,1-4H3/b32-22+/t35-/m0/s1. The van der Waals surface area contributed by atoms with Gasteiger partial charge in [0.05, 0.1) is 22.9 Å². The summed E-state index contributed by atoms with van der Waals surface area (Å²) < 4.78 is 8.20. The van der Waals surface area contributed by atoms with E-state index < -0.39 is 6.04 Å². The number of hydrogen-bond acceptors (Lipinski definition) is 5. The third-order valence-electron chi connectivity index (χ3n) is 8.82. The number of likely N-dealkylation sites (N-methyl/N-ethyl adjacent to an activating group) is 1. The molecule has 7 heteroatoms. The summed E-state index contributed by atoms with van der Waals surface area (Å²) in [6.07, 6.45) is 2.00. The van der Waals surface area contributed by atoms with Crippen molar-refractivity contribution < 1.29 is 9.53 Å². The topological polar surface area (TPSA) is 63.9 Å². The lowest BCUT2D eigenvalue weighted by Crippen LogP contribution is -2.43. The molecule has 1 aliphatic heterocycles. The predicted molar refractivity (Wildman–Crippen MR) is 184 cm³/mol. The van der Waals surface area contributed by atoms with E-state index in [1.165, 1.54) is 11.3 Å². The Morgan fingerprint density at radius 2 is 1.49 bits per heavy atom. The van der Waals surface area contributed by atoms with Crippen molar-refractivity contribution in [1.29, 1.82) is 0 Å². The van der Waals surface area contributed by atoms with Crippen molar-refractivity contribution in [2.24, 2.45) is 4.99 Å². The zero-order valence-electron chi connectivity index (χ0n) is 25.7. The van der Waals surface area contributed by atoms with Crippen molar-refractivity contribution in [3.05, 3.63) is 133 Å². The molecular formula is C38H33N3O3S. The lowest BCUT2D eigenvalue weighted by Gasteiger charge is -2.30. The molecule has 2 heterocycles. The van der Waals surface area contributed by atoms with Gasteiger partial charge in [-0.3, -0.25) is 14.2 Å². The zero-order chi connectivity index (χ0) is 31.2. The molecule has 1 aromatic heterocycles. The number of ether oxygens (including phenoxy) is 1. The number of benzene rings is 5. The number of nitrogens with zero attached hydrogens (tertiary/aromatic N) is 3. The molecule has 0 N–H and O–H groups in total. The number of thiazole rings is 1. The molecule has 0 radical (unpaired) electrons. The second-order valence-corrected chi connectivity index (χ2v) is 12.2. The molecule has 0 fully saturated rings. The number of allylic oxidation sites excluding steroid dienone is 1. The van der Waals surface area contributed by atoms with E-state index in [0.717, 1.165) is 43.4 Å². The average Bonchev–Trinajstić information content (AvgIpc) is 3.37. The molecule has 0 saturated heterocycles. The molecular weight excluding hydrogens is 579 g/mol. The highest BCUT2D eigenvalue weighted by atomic mass is 32.1. The molecule has 0 unspecified atom stereocenters. The van der Waals surface area contributed by atoms with E-state index in [-0.39, 0.29) is 11.5 Å². The minimum absolute atomic E-state index is 0.129. The molecule has 5 aromatic carbocycles. The van der Waals surface area contributed by atoms with Crippen molar-refractivity contribution in [2.75, 3.05) is 20.2 Å². The van der Waals surface area contributed by atoms with Gasteiger partial charge in [-0.05, 0) is 76.9 Å². The van der Waals surface area contributed by atoms with Crippen molar-refractivity contribution in [1.82, 2.24) is 9.47 Å². The molecule has 0 saturated carbocycles. The highest BCUT2D eigenvalue weighted by molar-refractivity contribution is 7.07. The second-order valence-electron chi connectivity index (χ2n) is 11.2. The molecule has 0 aliphatic carbocycles. The number of hydrogen-bond donors (Lipinski definition) is 0. The fourth-order valence-electron chi connectivity index (χ4n) is 6.62. The van der Waals surface area contributed by atoms with Gasteiger partial charge >= 0.3 is 0 Å². The van der Waals surface area contributed by atoms with E-state index in [1.54, 1.807) is 16.6 Å². The van der Waals surface area contributed by atoms with Crippen molar-refractivity contribution in [2.45, 2.75) is 26.8 Å². The Kier molecular flexibility index (Phi) is 7.34. The van der Waals surface area contributed by atoms with Gasteiger partial charge in [-0.15, -0.1) is 0 Å². The molecule has 1 aliphatic rings. The van der Waals surface area contributed by atoms with Gasteiger partial charge in [0, 0.05) is 18.7 Å². The monoisotopic (exact) mass is 611 g/mol. The lowest BCUT2D eigenvalue weighted by molar-refractivity contribution is -0.127. The van der Waals surface area contributed by atoms with E-state index in [2.05, 4.69) is 30.3 Å². The molecule has 1 amide bonds. The first-order valence-corrected chi connectivity index (χ1v) is 16.0. The average molecular weight is 612 g/mol. The number of aromatic nitrogens is 1. The maximum atomic E-state index is 14.7. The summed E-state index contributed by atoms with van der Waals surface area (Å²) in [5.74, 6) is 0.489. The Bertz CT molecular complexity index is 2310.